The quantitative estimate of drug-likeness (QED) is 0.936. The minimum absolute atomic E-state index is 0.0458. The van der Waals surface area contributed by atoms with Crippen LogP contribution in [-0.2, 0) is 11.2 Å². The Morgan fingerprint density at radius 2 is 2.24 bits per heavy atom. The van der Waals surface area contributed by atoms with E-state index in [-0.39, 0.29) is 5.91 Å². The third-order valence-electron chi connectivity index (χ3n) is 3.72. The molecule has 1 aromatic carbocycles. The number of nitrogens with zero attached hydrogens (tertiary/aromatic N) is 2. The van der Waals surface area contributed by atoms with Gasteiger partial charge in [0.2, 0.25) is 5.91 Å². The first kappa shape index (κ1) is 13.6. The summed E-state index contributed by atoms with van der Waals surface area (Å²) in [5, 5.41) is 3.41. The number of hydrogen-bond donors (Lipinski definition) is 1. The number of hydrogen-bond acceptors (Lipinski definition) is 3. The van der Waals surface area contributed by atoms with E-state index in [9.17, 15) is 4.79 Å². The number of pyridine rings is 1. The molecule has 1 N–H and O–H groups in total. The first-order valence-electron chi connectivity index (χ1n) is 7.40. The molecule has 1 amide bonds. The van der Waals surface area contributed by atoms with E-state index in [2.05, 4.69) is 22.4 Å². The molecule has 21 heavy (non-hydrogen) atoms. The Balaban J connectivity index is 2.02. The van der Waals surface area contributed by atoms with Crippen molar-refractivity contribution in [2.45, 2.75) is 26.2 Å². The standard InChI is InChI=1S/C17H19N3O/c1-2-17(21)20(16-7-3-4-10-19-16)14-9-8-13-6-5-11-18-15(13)12-14/h3-4,7-10,12,18H,2,5-6,11H2,1H3. The second kappa shape index (κ2) is 5.95. The van der Waals surface area contributed by atoms with Gasteiger partial charge >= 0.3 is 0 Å². The van der Waals surface area contributed by atoms with Gasteiger partial charge in [-0.2, -0.15) is 0 Å². The molecule has 0 fully saturated rings. The Morgan fingerprint density at radius 3 is 3.00 bits per heavy atom. The maximum absolute atomic E-state index is 12.3. The third kappa shape index (κ3) is 2.75. The van der Waals surface area contributed by atoms with E-state index >= 15 is 0 Å². The molecule has 1 aliphatic rings. The number of aromatic nitrogens is 1. The van der Waals surface area contributed by atoms with Crippen molar-refractivity contribution in [1.29, 1.82) is 0 Å². The number of benzene rings is 1. The van der Waals surface area contributed by atoms with Gasteiger partial charge in [0.25, 0.3) is 0 Å². The number of nitrogens with one attached hydrogen (secondary N) is 1. The van der Waals surface area contributed by atoms with E-state index in [1.54, 1.807) is 11.1 Å². The highest BCUT2D eigenvalue weighted by molar-refractivity contribution is 5.99. The van der Waals surface area contributed by atoms with Crippen LogP contribution in [0, 0.1) is 0 Å². The Bertz CT molecular complexity index is 640. The molecule has 4 heteroatoms. The average molecular weight is 281 g/mol. The second-order valence-electron chi connectivity index (χ2n) is 5.14. The normalized spacial score (nSPS) is 13.2. The van der Waals surface area contributed by atoms with Crippen LogP contribution >= 0.6 is 0 Å². The minimum atomic E-state index is 0.0458. The van der Waals surface area contributed by atoms with Gasteiger partial charge in [-0.1, -0.05) is 19.1 Å². The number of anilines is 3. The molecule has 2 heterocycles. The molecular formula is C17H19N3O. The summed E-state index contributed by atoms with van der Waals surface area (Å²) in [6, 6.07) is 11.8. The smallest absolute Gasteiger partial charge is 0.232 e. The van der Waals surface area contributed by atoms with Crippen LogP contribution in [-0.4, -0.2) is 17.4 Å². The molecule has 0 bridgehead atoms. The molecule has 108 valence electrons. The fourth-order valence-electron chi connectivity index (χ4n) is 2.64. The lowest BCUT2D eigenvalue weighted by Gasteiger charge is -2.24. The van der Waals surface area contributed by atoms with Crippen molar-refractivity contribution in [2.24, 2.45) is 0 Å². The van der Waals surface area contributed by atoms with Gasteiger partial charge in [-0.05, 0) is 42.7 Å². The third-order valence-corrected chi connectivity index (χ3v) is 3.72. The average Bonchev–Trinajstić information content (AvgIpc) is 2.56. The van der Waals surface area contributed by atoms with Gasteiger partial charge in [0, 0.05) is 24.8 Å². The summed E-state index contributed by atoms with van der Waals surface area (Å²) >= 11 is 0. The molecule has 0 atom stereocenters. The number of amides is 1. The Kier molecular flexibility index (Phi) is 3.86. The lowest BCUT2D eigenvalue weighted by molar-refractivity contribution is -0.117. The fourth-order valence-corrected chi connectivity index (χ4v) is 2.64. The van der Waals surface area contributed by atoms with Crippen molar-refractivity contribution < 1.29 is 4.79 Å². The molecule has 0 spiro atoms. The van der Waals surface area contributed by atoms with Crippen molar-refractivity contribution in [2.75, 3.05) is 16.8 Å². The van der Waals surface area contributed by atoms with Crippen LogP contribution < -0.4 is 10.2 Å². The summed E-state index contributed by atoms with van der Waals surface area (Å²) in [5.41, 5.74) is 3.31. The molecule has 4 nitrogen and oxygen atoms in total. The van der Waals surface area contributed by atoms with Crippen LogP contribution in [0.4, 0.5) is 17.2 Å². The molecule has 1 aromatic heterocycles. The van der Waals surface area contributed by atoms with Crippen LogP contribution in [0.15, 0.2) is 42.6 Å². The van der Waals surface area contributed by atoms with Gasteiger partial charge in [0.1, 0.15) is 5.82 Å². The number of carbonyl (C=O) groups is 1. The van der Waals surface area contributed by atoms with E-state index in [1.165, 1.54) is 5.56 Å². The molecule has 0 saturated carbocycles. The van der Waals surface area contributed by atoms with E-state index in [1.807, 2.05) is 31.2 Å². The Hall–Kier alpha value is -2.36. The summed E-state index contributed by atoms with van der Waals surface area (Å²) in [4.78, 5) is 18.4. The van der Waals surface area contributed by atoms with E-state index in [0.29, 0.717) is 12.2 Å². The van der Waals surface area contributed by atoms with Gasteiger partial charge in [0.15, 0.2) is 0 Å². The maximum atomic E-state index is 12.3. The maximum Gasteiger partial charge on any atom is 0.232 e. The SMILES string of the molecule is CCC(=O)N(c1ccc2c(c1)NCCC2)c1ccccn1. The highest BCUT2D eigenvalue weighted by Crippen LogP contribution is 2.31. The molecule has 0 saturated heterocycles. The number of rotatable bonds is 3. The van der Waals surface area contributed by atoms with Crippen LogP contribution in [0.3, 0.4) is 0 Å². The monoisotopic (exact) mass is 281 g/mol. The van der Waals surface area contributed by atoms with Crippen LogP contribution in [0.1, 0.15) is 25.3 Å². The van der Waals surface area contributed by atoms with E-state index in [0.717, 1.165) is 30.8 Å². The first-order valence-corrected chi connectivity index (χ1v) is 7.40. The number of carbonyl (C=O) groups excluding carboxylic acids is 1. The highest BCUT2D eigenvalue weighted by atomic mass is 16.2. The summed E-state index contributed by atoms with van der Waals surface area (Å²) in [7, 11) is 0. The van der Waals surface area contributed by atoms with Crippen LogP contribution in [0.2, 0.25) is 0 Å². The predicted molar refractivity (Wildman–Crippen MR) is 84.9 cm³/mol. The lowest BCUT2D eigenvalue weighted by Crippen LogP contribution is -2.26. The van der Waals surface area contributed by atoms with Crippen molar-refractivity contribution in [3.63, 3.8) is 0 Å². The predicted octanol–water partition coefficient (Wildman–Crippen LogP) is 3.51. The molecule has 0 radical (unpaired) electrons. The summed E-state index contributed by atoms with van der Waals surface area (Å²) in [6.45, 7) is 2.86. The van der Waals surface area contributed by atoms with Crippen LogP contribution in [0.5, 0.6) is 0 Å². The van der Waals surface area contributed by atoms with Crippen molar-refractivity contribution in [1.82, 2.24) is 4.98 Å². The molecule has 0 unspecified atom stereocenters. The van der Waals surface area contributed by atoms with Crippen molar-refractivity contribution >= 4 is 23.1 Å². The van der Waals surface area contributed by atoms with Gasteiger partial charge < -0.3 is 5.32 Å². The number of fused-ring (bicyclic) bond motifs is 1. The zero-order valence-electron chi connectivity index (χ0n) is 12.2. The Morgan fingerprint density at radius 1 is 1.33 bits per heavy atom. The topological polar surface area (TPSA) is 45.2 Å². The highest BCUT2D eigenvalue weighted by Gasteiger charge is 2.19. The molecule has 2 aromatic rings. The minimum Gasteiger partial charge on any atom is -0.385 e. The number of aryl methyl sites for hydroxylation is 1. The molecule has 0 aliphatic carbocycles. The molecule has 1 aliphatic heterocycles. The van der Waals surface area contributed by atoms with E-state index < -0.39 is 0 Å². The lowest BCUT2D eigenvalue weighted by atomic mass is 10.0. The Labute approximate surface area is 124 Å². The van der Waals surface area contributed by atoms with Crippen molar-refractivity contribution in [3.8, 4) is 0 Å². The second-order valence-corrected chi connectivity index (χ2v) is 5.14. The van der Waals surface area contributed by atoms with E-state index in [4.69, 9.17) is 0 Å². The summed E-state index contributed by atoms with van der Waals surface area (Å²) < 4.78 is 0. The first-order chi connectivity index (χ1) is 10.3. The zero-order valence-corrected chi connectivity index (χ0v) is 12.2. The van der Waals surface area contributed by atoms with Gasteiger partial charge in [0.05, 0.1) is 5.69 Å². The van der Waals surface area contributed by atoms with Crippen molar-refractivity contribution in [3.05, 3.63) is 48.2 Å². The fraction of sp³-hybridized carbons (Fsp3) is 0.294. The molecule has 3 rings (SSSR count). The van der Waals surface area contributed by atoms with Gasteiger partial charge in [-0.3, -0.25) is 9.69 Å². The van der Waals surface area contributed by atoms with Gasteiger partial charge in [-0.15, -0.1) is 0 Å². The van der Waals surface area contributed by atoms with Crippen LogP contribution in [0.25, 0.3) is 0 Å². The summed E-state index contributed by atoms with van der Waals surface area (Å²) in [5.74, 6) is 0.713. The molecular weight excluding hydrogens is 262 g/mol. The zero-order chi connectivity index (χ0) is 14.7. The summed E-state index contributed by atoms with van der Waals surface area (Å²) in [6.07, 6.45) is 4.40. The van der Waals surface area contributed by atoms with Gasteiger partial charge in [-0.25, -0.2) is 4.98 Å². The largest absolute Gasteiger partial charge is 0.385 e.